The molecule has 2 saturated heterocycles. The summed E-state index contributed by atoms with van der Waals surface area (Å²) < 4.78 is 0. The number of fused-ring (bicyclic) bond motifs is 1. The lowest BCUT2D eigenvalue weighted by atomic mass is 9.97. The number of hydrogen-bond donors (Lipinski definition) is 1. The monoisotopic (exact) mass is 180 g/mol. The summed E-state index contributed by atoms with van der Waals surface area (Å²) in [5.41, 5.74) is 0. The zero-order valence-corrected chi connectivity index (χ0v) is 8.34. The zero-order chi connectivity index (χ0) is 8.67. The van der Waals surface area contributed by atoms with Crippen LogP contribution in [0, 0.1) is 11.8 Å². The Morgan fingerprint density at radius 2 is 2.00 bits per heavy atom. The highest BCUT2D eigenvalue weighted by Crippen LogP contribution is 2.44. The predicted molar refractivity (Wildman–Crippen MR) is 53.7 cm³/mol. The van der Waals surface area contributed by atoms with Crippen LogP contribution in [-0.4, -0.2) is 37.1 Å². The Labute approximate surface area is 80.7 Å². The molecule has 2 atom stereocenters. The summed E-state index contributed by atoms with van der Waals surface area (Å²) in [4.78, 5) is 2.76. The van der Waals surface area contributed by atoms with Crippen molar-refractivity contribution in [2.75, 3.05) is 26.2 Å². The molecule has 0 aromatic heterocycles. The summed E-state index contributed by atoms with van der Waals surface area (Å²) >= 11 is 0. The summed E-state index contributed by atoms with van der Waals surface area (Å²) in [5.74, 6) is 2.11. The molecule has 13 heavy (non-hydrogen) atoms. The molecular formula is C11H20N2. The van der Waals surface area contributed by atoms with Gasteiger partial charge >= 0.3 is 0 Å². The zero-order valence-electron chi connectivity index (χ0n) is 8.34. The topological polar surface area (TPSA) is 15.3 Å². The van der Waals surface area contributed by atoms with Crippen LogP contribution in [0.15, 0.2) is 0 Å². The van der Waals surface area contributed by atoms with Crippen molar-refractivity contribution < 1.29 is 0 Å². The number of likely N-dealkylation sites (tertiary alicyclic amines) is 1. The maximum Gasteiger partial charge on any atom is 0.0128 e. The first-order valence-electron chi connectivity index (χ1n) is 5.88. The number of nitrogens with one attached hydrogen (secondary N) is 1. The predicted octanol–water partition coefficient (Wildman–Crippen LogP) is 1.08. The normalized spacial score (nSPS) is 40.6. The lowest BCUT2D eigenvalue weighted by Crippen LogP contribution is -2.36. The molecule has 0 aromatic carbocycles. The van der Waals surface area contributed by atoms with Crippen LogP contribution in [0.4, 0.5) is 0 Å². The van der Waals surface area contributed by atoms with E-state index in [4.69, 9.17) is 0 Å². The fourth-order valence-electron chi connectivity index (χ4n) is 3.11. The van der Waals surface area contributed by atoms with Gasteiger partial charge in [0, 0.05) is 12.6 Å². The van der Waals surface area contributed by atoms with Crippen LogP contribution in [0.3, 0.4) is 0 Å². The molecule has 3 rings (SSSR count). The fraction of sp³-hybridized carbons (Fsp3) is 1.00. The van der Waals surface area contributed by atoms with Crippen molar-refractivity contribution in [3.8, 4) is 0 Å². The fourth-order valence-corrected chi connectivity index (χ4v) is 3.11. The second-order valence-electron chi connectivity index (χ2n) is 5.04. The van der Waals surface area contributed by atoms with E-state index in [1.54, 1.807) is 0 Å². The number of hydrogen-bond acceptors (Lipinski definition) is 2. The van der Waals surface area contributed by atoms with Crippen molar-refractivity contribution >= 4 is 0 Å². The van der Waals surface area contributed by atoms with E-state index >= 15 is 0 Å². The van der Waals surface area contributed by atoms with Gasteiger partial charge in [-0.05, 0) is 57.2 Å². The standard InChI is InChI=1S/C11H20N2/c1-4-12-5-2-9(1)8-13-6-3-10-7-11(10)13/h9-12H,1-8H2. The van der Waals surface area contributed by atoms with Gasteiger partial charge in [0.05, 0.1) is 0 Å². The average Bonchev–Trinajstić information content (AvgIpc) is 2.86. The molecule has 2 aliphatic heterocycles. The number of piperidine rings is 2. The van der Waals surface area contributed by atoms with Crippen molar-refractivity contribution in [3.63, 3.8) is 0 Å². The van der Waals surface area contributed by atoms with Gasteiger partial charge < -0.3 is 5.32 Å². The van der Waals surface area contributed by atoms with E-state index in [1.165, 1.54) is 51.9 Å². The minimum Gasteiger partial charge on any atom is -0.317 e. The molecule has 2 heteroatoms. The summed E-state index contributed by atoms with van der Waals surface area (Å²) in [5, 5.41) is 3.44. The third-order valence-corrected chi connectivity index (χ3v) is 4.09. The molecule has 0 amide bonds. The molecule has 1 N–H and O–H groups in total. The Morgan fingerprint density at radius 1 is 1.15 bits per heavy atom. The second kappa shape index (κ2) is 3.25. The van der Waals surface area contributed by atoms with Crippen LogP contribution >= 0.6 is 0 Å². The summed E-state index contributed by atoms with van der Waals surface area (Å²) in [6, 6.07) is 1.02. The first-order valence-corrected chi connectivity index (χ1v) is 5.88. The molecule has 2 heterocycles. The van der Waals surface area contributed by atoms with Crippen LogP contribution < -0.4 is 5.32 Å². The van der Waals surface area contributed by atoms with Crippen molar-refractivity contribution in [1.29, 1.82) is 0 Å². The Hall–Kier alpha value is -0.0800. The molecular weight excluding hydrogens is 160 g/mol. The van der Waals surface area contributed by atoms with E-state index < -0.39 is 0 Å². The smallest absolute Gasteiger partial charge is 0.0128 e. The van der Waals surface area contributed by atoms with Crippen LogP contribution in [0.25, 0.3) is 0 Å². The molecule has 1 aliphatic carbocycles. The lowest BCUT2D eigenvalue weighted by Gasteiger charge is -2.28. The second-order valence-corrected chi connectivity index (χ2v) is 5.04. The van der Waals surface area contributed by atoms with Crippen molar-refractivity contribution in [3.05, 3.63) is 0 Å². The van der Waals surface area contributed by atoms with Crippen LogP contribution in [0.2, 0.25) is 0 Å². The van der Waals surface area contributed by atoms with E-state index in [0.29, 0.717) is 0 Å². The quantitative estimate of drug-likeness (QED) is 0.684. The van der Waals surface area contributed by atoms with Gasteiger partial charge in [0.1, 0.15) is 0 Å². The highest BCUT2D eigenvalue weighted by molar-refractivity contribution is 5.01. The van der Waals surface area contributed by atoms with E-state index in [1.807, 2.05) is 0 Å². The summed E-state index contributed by atoms with van der Waals surface area (Å²) in [7, 11) is 0. The van der Waals surface area contributed by atoms with Crippen LogP contribution in [0.5, 0.6) is 0 Å². The maximum absolute atomic E-state index is 3.44. The maximum atomic E-state index is 3.44. The average molecular weight is 180 g/mol. The Bertz CT molecular complexity index is 187. The first kappa shape index (κ1) is 8.25. The first-order chi connectivity index (χ1) is 6.43. The molecule has 0 radical (unpaired) electrons. The van der Waals surface area contributed by atoms with Gasteiger partial charge in [-0.25, -0.2) is 0 Å². The highest BCUT2D eigenvalue weighted by Gasteiger charge is 2.46. The van der Waals surface area contributed by atoms with Crippen LogP contribution in [-0.2, 0) is 0 Å². The van der Waals surface area contributed by atoms with Crippen molar-refractivity contribution in [2.45, 2.75) is 31.7 Å². The van der Waals surface area contributed by atoms with Gasteiger partial charge in [-0.1, -0.05) is 0 Å². The van der Waals surface area contributed by atoms with E-state index in [9.17, 15) is 0 Å². The van der Waals surface area contributed by atoms with Crippen LogP contribution in [0.1, 0.15) is 25.7 Å². The Kier molecular flexibility index (Phi) is 2.06. The third-order valence-electron chi connectivity index (χ3n) is 4.09. The molecule has 0 spiro atoms. The number of nitrogens with zero attached hydrogens (tertiary/aromatic N) is 1. The molecule has 3 aliphatic rings. The molecule has 0 aromatic rings. The molecule has 2 nitrogen and oxygen atoms in total. The molecule has 74 valence electrons. The van der Waals surface area contributed by atoms with Crippen molar-refractivity contribution in [1.82, 2.24) is 10.2 Å². The molecule has 3 fully saturated rings. The van der Waals surface area contributed by atoms with Gasteiger partial charge in [-0.15, -0.1) is 0 Å². The van der Waals surface area contributed by atoms with E-state index in [-0.39, 0.29) is 0 Å². The largest absolute Gasteiger partial charge is 0.317 e. The van der Waals surface area contributed by atoms with E-state index in [2.05, 4.69) is 10.2 Å². The lowest BCUT2D eigenvalue weighted by molar-refractivity contribution is 0.219. The highest BCUT2D eigenvalue weighted by atomic mass is 15.2. The Morgan fingerprint density at radius 3 is 2.62 bits per heavy atom. The van der Waals surface area contributed by atoms with Crippen molar-refractivity contribution in [2.24, 2.45) is 11.8 Å². The number of rotatable bonds is 2. The van der Waals surface area contributed by atoms with Gasteiger partial charge in [-0.2, -0.15) is 0 Å². The third kappa shape index (κ3) is 1.62. The van der Waals surface area contributed by atoms with Gasteiger partial charge in [0.15, 0.2) is 0 Å². The van der Waals surface area contributed by atoms with E-state index in [0.717, 1.165) is 17.9 Å². The summed E-state index contributed by atoms with van der Waals surface area (Å²) in [6.07, 6.45) is 5.84. The van der Waals surface area contributed by atoms with Gasteiger partial charge in [0.25, 0.3) is 0 Å². The minimum absolute atomic E-state index is 1.00. The summed E-state index contributed by atoms with van der Waals surface area (Å²) in [6.45, 7) is 5.32. The SMILES string of the molecule is C1CC(CN2CCC3CC32)CCN1. The van der Waals surface area contributed by atoms with Gasteiger partial charge in [0.2, 0.25) is 0 Å². The molecule has 0 bridgehead atoms. The van der Waals surface area contributed by atoms with Gasteiger partial charge in [-0.3, -0.25) is 4.90 Å². The minimum atomic E-state index is 1.00. The Balaban J connectivity index is 1.50. The molecule has 1 saturated carbocycles. The molecule has 2 unspecified atom stereocenters.